The first-order valence-corrected chi connectivity index (χ1v) is 6.68. The van der Waals surface area contributed by atoms with Crippen molar-refractivity contribution >= 4 is 11.3 Å². The molecular formula is C14H14FNS. The van der Waals surface area contributed by atoms with Crippen molar-refractivity contribution in [3.05, 3.63) is 57.0 Å². The van der Waals surface area contributed by atoms with Gasteiger partial charge in [-0.05, 0) is 48.6 Å². The smallest absolute Gasteiger partial charge is 0.123 e. The van der Waals surface area contributed by atoms with Crippen molar-refractivity contribution in [3.63, 3.8) is 0 Å². The molecule has 0 amide bonds. The first-order valence-electron chi connectivity index (χ1n) is 5.86. The SMILES string of the molecule is NC(c1ccc(F)cc1)c1cc2c(s1)CCC2. The molecule has 1 heterocycles. The number of hydrogen-bond donors (Lipinski definition) is 1. The van der Waals surface area contributed by atoms with Crippen LogP contribution in [0, 0.1) is 5.82 Å². The Bertz CT molecular complexity index is 508. The summed E-state index contributed by atoms with van der Waals surface area (Å²) < 4.78 is 12.8. The molecule has 0 spiro atoms. The first kappa shape index (κ1) is 10.9. The molecule has 3 rings (SSSR count). The van der Waals surface area contributed by atoms with Gasteiger partial charge in [0, 0.05) is 9.75 Å². The number of rotatable bonds is 2. The van der Waals surface area contributed by atoms with Crippen LogP contribution in [0.25, 0.3) is 0 Å². The van der Waals surface area contributed by atoms with Gasteiger partial charge < -0.3 is 5.73 Å². The summed E-state index contributed by atoms with van der Waals surface area (Å²) >= 11 is 1.81. The van der Waals surface area contributed by atoms with E-state index in [2.05, 4.69) is 6.07 Å². The van der Waals surface area contributed by atoms with Crippen molar-refractivity contribution in [2.24, 2.45) is 5.73 Å². The Labute approximate surface area is 104 Å². The van der Waals surface area contributed by atoms with Crippen LogP contribution in [0.1, 0.15) is 33.3 Å². The lowest BCUT2D eigenvalue weighted by Crippen LogP contribution is -2.10. The second-order valence-corrected chi connectivity index (χ2v) is 5.65. The zero-order valence-electron chi connectivity index (χ0n) is 9.45. The van der Waals surface area contributed by atoms with E-state index in [1.54, 1.807) is 12.1 Å². The number of benzene rings is 1. The van der Waals surface area contributed by atoms with Crippen LogP contribution in [0.15, 0.2) is 30.3 Å². The topological polar surface area (TPSA) is 26.0 Å². The highest BCUT2D eigenvalue weighted by Crippen LogP contribution is 2.35. The second kappa shape index (κ2) is 4.24. The van der Waals surface area contributed by atoms with E-state index in [4.69, 9.17) is 5.73 Å². The van der Waals surface area contributed by atoms with E-state index >= 15 is 0 Å². The minimum atomic E-state index is -0.213. The van der Waals surface area contributed by atoms with Gasteiger partial charge in [-0.15, -0.1) is 11.3 Å². The molecule has 2 N–H and O–H groups in total. The third-order valence-electron chi connectivity index (χ3n) is 3.30. The standard InChI is InChI=1S/C14H14FNS/c15-11-6-4-9(5-7-11)14(16)13-8-10-2-1-3-12(10)17-13/h4-8,14H,1-3,16H2. The van der Waals surface area contributed by atoms with Crippen LogP contribution in [0.3, 0.4) is 0 Å². The van der Waals surface area contributed by atoms with Crippen LogP contribution >= 0.6 is 11.3 Å². The summed E-state index contributed by atoms with van der Waals surface area (Å²) in [6.45, 7) is 0. The lowest BCUT2D eigenvalue weighted by molar-refractivity contribution is 0.626. The molecule has 3 heteroatoms. The molecule has 1 nitrogen and oxygen atoms in total. The number of hydrogen-bond acceptors (Lipinski definition) is 2. The number of nitrogens with two attached hydrogens (primary N) is 1. The summed E-state index contributed by atoms with van der Waals surface area (Å²) in [5, 5.41) is 0. The second-order valence-electron chi connectivity index (χ2n) is 4.48. The molecule has 88 valence electrons. The number of fused-ring (bicyclic) bond motifs is 1. The van der Waals surface area contributed by atoms with Gasteiger partial charge in [0.15, 0.2) is 0 Å². The largest absolute Gasteiger partial charge is 0.320 e. The van der Waals surface area contributed by atoms with Crippen molar-refractivity contribution in [1.29, 1.82) is 0 Å². The number of aryl methyl sites for hydroxylation is 2. The minimum absolute atomic E-state index is 0.119. The summed E-state index contributed by atoms with van der Waals surface area (Å²) in [6.07, 6.45) is 3.64. The Morgan fingerprint density at radius 2 is 1.94 bits per heavy atom. The van der Waals surface area contributed by atoms with Crippen molar-refractivity contribution in [2.75, 3.05) is 0 Å². The molecule has 1 aromatic heterocycles. The molecule has 0 saturated heterocycles. The van der Waals surface area contributed by atoms with Gasteiger partial charge in [-0.1, -0.05) is 12.1 Å². The van der Waals surface area contributed by atoms with Gasteiger partial charge >= 0.3 is 0 Å². The molecule has 1 aliphatic carbocycles. The van der Waals surface area contributed by atoms with E-state index < -0.39 is 0 Å². The normalized spacial score (nSPS) is 15.9. The number of thiophene rings is 1. The average molecular weight is 247 g/mol. The van der Waals surface area contributed by atoms with Crippen LogP contribution in [-0.4, -0.2) is 0 Å². The van der Waals surface area contributed by atoms with Gasteiger partial charge in [-0.2, -0.15) is 0 Å². The van der Waals surface area contributed by atoms with E-state index in [0.717, 1.165) is 5.56 Å². The Hall–Kier alpha value is -1.19. The van der Waals surface area contributed by atoms with Gasteiger partial charge in [-0.3, -0.25) is 0 Å². The minimum Gasteiger partial charge on any atom is -0.320 e. The molecule has 0 radical (unpaired) electrons. The van der Waals surface area contributed by atoms with Crippen LogP contribution in [-0.2, 0) is 12.8 Å². The monoisotopic (exact) mass is 247 g/mol. The highest BCUT2D eigenvalue weighted by atomic mass is 32.1. The van der Waals surface area contributed by atoms with Gasteiger partial charge in [0.25, 0.3) is 0 Å². The van der Waals surface area contributed by atoms with Crippen LogP contribution in [0.2, 0.25) is 0 Å². The fourth-order valence-electron chi connectivity index (χ4n) is 2.34. The molecule has 17 heavy (non-hydrogen) atoms. The lowest BCUT2D eigenvalue weighted by Gasteiger charge is -2.09. The fourth-order valence-corrected chi connectivity index (χ4v) is 3.63. The van der Waals surface area contributed by atoms with E-state index in [-0.39, 0.29) is 11.9 Å². The molecule has 0 saturated carbocycles. The third-order valence-corrected chi connectivity index (χ3v) is 4.62. The summed E-state index contributed by atoms with van der Waals surface area (Å²) in [7, 11) is 0. The Morgan fingerprint density at radius 1 is 1.18 bits per heavy atom. The quantitative estimate of drug-likeness (QED) is 0.864. The average Bonchev–Trinajstić information content (AvgIpc) is 2.89. The fraction of sp³-hybridized carbons (Fsp3) is 0.286. The Kier molecular flexibility index (Phi) is 2.73. The maximum atomic E-state index is 12.8. The van der Waals surface area contributed by atoms with Crippen LogP contribution in [0.5, 0.6) is 0 Å². The van der Waals surface area contributed by atoms with Crippen molar-refractivity contribution in [1.82, 2.24) is 0 Å². The zero-order valence-corrected chi connectivity index (χ0v) is 10.3. The van der Waals surface area contributed by atoms with Crippen molar-refractivity contribution < 1.29 is 4.39 Å². The third kappa shape index (κ3) is 2.01. The summed E-state index contributed by atoms with van der Waals surface area (Å²) in [5.74, 6) is -0.213. The van der Waals surface area contributed by atoms with E-state index in [0.29, 0.717) is 0 Å². The van der Waals surface area contributed by atoms with Crippen LogP contribution < -0.4 is 5.73 Å². The summed E-state index contributed by atoms with van der Waals surface area (Å²) in [4.78, 5) is 2.68. The van der Waals surface area contributed by atoms with Crippen LogP contribution in [0.4, 0.5) is 4.39 Å². The molecule has 0 aliphatic heterocycles. The lowest BCUT2D eigenvalue weighted by atomic mass is 10.1. The molecule has 1 aliphatic rings. The molecular weight excluding hydrogens is 233 g/mol. The first-order chi connectivity index (χ1) is 8.24. The molecule has 2 aromatic rings. The predicted octanol–water partition coefficient (Wildman–Crippen LogP) is 3.42. The van der Waals surface area contributed by atoms with E-state index in [1.807, 2.05) is 11.3 Å². The highest BCUT2D eigenvalue weighted by molar-refractivity contribution is 7.12. The Balaban J connectivity index is 1.90. The predicted molar refractivity (Wildman–Crippen MR) is 68.8 cm³/mol. The molecule has 1 atom stereocenters. The van der Waals surface area contributed by atoms with Gasteiger partial charge in [-0.25, -0.2) is 4.39 Å². The maximum Gasteiger partial charge on any atom is 0.123 e. The highest BCUT2D eigenvalue weighted by Gasteiger charge is 2.18. The summed E-state index contributed by atoms with van der Waals surface area (Å²) in [5.41, 5.74) is 8.65. The van der Waals surface area contributed by atoms with E-state index in [9.17, 15) is 4.39 Å². The number of halogens is 1. The van der Waals surface area contributed by atoms with Gasteiger partial charge in [0.2, 0.25) is 0 Å². The van der Waals surface area contributed by atoms with Crippen molar-refractivity contribution in [2.45, 2.75) is 25.3 Å². The van der Waals surface area contributed by atoms with Crippen molar-refractivity contribution in [3.8, 4) is 0 Å². The van der Waals surface area contributed by atoms with Gasteiger partial charge in [0.1, 0.15) is 5.82 Å². The van der Waals surface area contributed by atoms with E-state index in [1.165, 1.54) is 46.7 Å². The Morgan fingerprint density at radius 3 is 2.65 bits per heavy atom. The molecule has 1 aromatic carbocycles. The zero-order chi connectivity index (χ0) is 11.8. The maximum absolute atomic E-state index is 12.8. The van der Waals surface area contributed by atoms with Gasteiger partial charge in [0.05, 0.1) is 6.04 Å². The molecule has 1 unspecified atom stereocenters. The molecule has 0 bridgehead atoms. The summed E-state index contributed by atoms with van der Waals surface area (Å²) in [6, 6.07) is 8.58. The molecule has 0 fully saturated rings.